The van der Waals surface area contributed by atoms with Crippen molar-refractivity contribution in [3.8, 4) is 0 Å². The number of carbonyl (C=O) groups excluding carboxylic acids is 3. The number of halogens is 1. The van der Waals surface area contributed by atoms with Gasteiger partial charge in [-0.05, 0) is 42.0 Å². The number of carboxylic acids is 1. The van der Waals surface area contributed by atoms with Crippen molar-refractivity contribution in [3.05, 3.63) is 59.1 Å². The molecule has 122 valence electrons. The molecule has 0 spiro atoms. The summed E-state index contributed by atoms with van der Waals surface area (Å²) in [7, 11) is 0. The molecule has 1 saturated heterocycles. The molecule has 0 aliphatic carbocycles. The zero-order chi connectivity index (χ0) is 17.3. The van der Waals surface area contributed by atoms with E-state index in [0.29, 0.717) is 16.4 Å². The third kappa shape index (κ3) is 3.09. The molecular weight excluding hydrogens is 332 g/mol. The van der Waals surface area contributed by atoms with Crippen LogP contribution in [0.1, 0.15) is 16.8 Å². The number of imide groups is 1. The summed E-state index contributed by atoms with van der Waals surface area (Å²) in [6.07, 6.45) is 0.0176. The largest absolute Gasteiger partial charge is 0.545 e. The number of benzene rings is 2. The molecule has 1 aliphatic rings. The Hall–Kier alpha value is -2.86. The summed E-state index contributed by atoms with van der Waals surface area (Å²) in [5, 5.41) is 14.3. The maximum atomic E-state index is 12.5. The van der Waals surface area contributed by atoms with Crippen LogP contribution >= 0.6 is 11.6 Å². The minimum absolute atomic E-state index is 0.0176. The molecule has 1 heterocycles. The Labute approximate surface area is 142 Å². The van der Waals surface area contributed by atoms with Crippen molar-refractivity contribution < 1.29 is 19.5 Å². The van der Waals surface area contributed by atoms with Crippen LogP contribution in [-0.2, 0) is 9.59 Å². The second-order valence-electron chi connectivity index (χ2n) is 5.31. The molecule has 0 bridgehead atoms. The first-order valence-electron chi connectivity index (χ1n) is 7.16. The topological polar surface area (TPSA) is 89.5 Å². The fourth-order valence-electron chi connectivity index (χ4n) is 2.51. The molecule has 1 atom stereocenters. The van der Waals surface area contributed by atoms with Gasteiger partial charge in [0, 0.05) is 10.7 Å². The van der Waals surface area contributed by atoms with Crippen LogP contribution in [-0.4, -0.2) is 23.8 Å². The van der Waals surface area contributed by atoms with Gasteiger partial charge < -0.3 is 15.2 Å². The number of carbonyl (C=O) groups is 3. The molecule has 0 saturated carbocycles. The van der Waals surface area contributed by atoms with E-state index in [1.54, 1.807) is 24.3 Å². The third-order valence-corrected chi connectivity index (χ3v) is 3.94. The zero-order valence-electron chi connectivity index (χ0n) is 12.4. The average Bonchev–Trinajstić information content (AvgIpc) is 2.83. The molecule has 7 heteroatoms. The number of nitrogens with one attached hydrogen (secondary N) is 1. The van der Waals surface area contributed by atoms with E-state index in [4.69, 9.17) is 11.6 Å². The van der Waals surface area contributed by atoms with Crippen LogP contribution in [0.3, 0.4) is 0 Å². The Bertz CT molecular complexity index is 802. The minimum atomic E-state index is -1.32. The Morgan fingerprint density at radius 1 is 1.08 bits per heavy atom. The normalized spacial score (nSPS) is 17.2. The number of aromatic carboxylic acids is 1. The fraction of sp³-hybridized carbons (Fsp3) is 0.118. The van der Waals surface area contributed by atoms with Gasteiger partial charge in [-0.3, -0.25) is 9.59 Å². The number of rotatable bonds is 4. The molecule has 1 N–H and O–H groups in total. The van der Waals surface area contributed by atoms with E-state index >= 15 is 0 Å². The van der Waals surface area contributed by atoms with Crippen molar-refractivity contribution in [3.63, 3.8) is 0 Å². The predicted molar refractivity (Wildman–Crippen MR) is 86.7 cm³/mol. The molecule has 1 fully saturated rings. The minimum Gasteiger partial charge on any atom is -0.545 e. The number of carboxylic acid groups (broad SMARTS) is 1. The highest BCUT2D eigenvalue weighted by atomic mass is 35.5. The van der Waals surface area contributed by atoms with Gasteiger partial charge in [0.2, 0.25) is 5.91 Å². The lowest BCUT2D eigenvalue weighted by Gasteiger charge is -2.16. The van der Waals surface area contributed by atoms with Gasteiger partial charge in [0.25, 0.3) is 5.91 Å². The van der Waals surface area contributed by atoms with Gasteiger partial charge in [-0.25, -0.2) is 4.90 Å². The Morgan fingerprint density at radius 2 is 1.71 bits per heavy atom. The standard InChI is InChI=1S/C17H13ClN2O4/c18-11-3-5-12(6-4-11)19-14-9-15(21)20(16(14)22)13-7-1-10(2-8-13)17(23)24/h1-8,14,19H,9H2,(H,23,24)/p-1/t14-/m1/s1. The Balaban J connectivity index is 1.78. The van der Waals surface area contributed by atoms with Crippen LogP contribution in [0.5, 0.6) is 0 Å². The number of amides is 2. The third-order valence-electron chi connectivity index (χ3n) is 3.69. The van der Waals surface area contributed by atoms with Crippen molar-refractivity contribution in [1.29, 1.82) is 0 Å². The predicted octanol–water partition coefficient (Wildman–Crippen LogP) is 1.45. The molecule has 0 aromatic heterocycles. The summed E-state index contributed by atoms with van der Waals surface area (Å²) in [6.45, 7) is 0. The van der Waals surface area contributed by atoms with Crippen molar-refractivity contribution >= 4 is 40.8 Å². The highest BCUT2D eigenvalue weighted by Gasteiger charge is 2.39. The summed E-state index contributed by atoms with van der Waals surface area (Å²) >= 11 is 5.82. The lowest BCUT2D eigenvalue weighted by atomic mass is 10.2. The molecular formula is C17H12ClN2O4-. The van der Waals surface area contributed by atoms with Gasteiger partial charge in [0.1, 0.15) is 6.04 Å². The first-order chi connectivity index (χ1) is 11.5. The Kier molecular flexibility index (Phi) is 4.22. The van der Waals surface area contributed by atoms with E-state index in [-0.39, 0.29) is 17.9 Å². The van der Waals surface area contributed by atoms with Gasteiger partial charge >= 0.3 is 0 Å². The van der Waals surface area contributed by atoms with Crippen LogP contribution < -0.4 is 15.3 Å². The summed E-state index contributed by atoms with van der Waals surface area (Å²) in [5.41, 5.74) is 0.990. The van der Waals surface area contributed by atoms with Crippen molar-refractivity contribution in [2.75, 3.05) is 10.2 Å². The fourth-order valence-corrected chi connectivity index (χ4v) is 2.64. The molecule has 6 nitrogen and oxygen atoms in total. The van der Waals surface area contributed by atoms with Gasteiger partial charge in [-0.2, -0.15) is 0 Å². The molecule has 2 aromatic carbocycles. The highest BCUT2D eigenvalue weighted by molar-refractivity contribution is 6.30. The maximum absolute atomic E-state index is 12.5. The molecule has 2 aromatic rings. The van der Waals surface area contributed by atoms with E-state index in [2.05, 4.69) is 5.32 Å². The summed E-state index contributed by atoms with van der Waals surface area (Å²) in [4.78, 5) is 36.5. The smallest absolute Gasteiger partial charge is 0.256 e. The molecule has 2 amide bonds. The van der Waals surface area contributed by atoms with Gasteiger partial charge in [-0.15, -0.1) is 0 Å². The summed E-state index contributed by atoms with van der Waals surface area (Å²) in [5.74, 6) is -2.06. The van der Waals surface area contributed by atoms with E-state index in [9.17, 15) is 19.5 Å². The van der Waals surface area contributed by atoms with E-state index in [1.165, 1.54) is 24.3 Å². The van der Waals surface area contributed by atoms with E-state index in [1.807, 2.05) is 0 Å². The number of nitrogens with zero attached hydrogens (tertiary/aromatic N) is 1. The zero-order valence-corrected chi connectivity index (χ0v) is 13.1. The van der Waals surface area contributed by atoms with Crippen LogP contribution in [0, 0.1) is 0 Å². The summed E-state index contributed by atoms with van der Waals surface area (Å²) in [6, 6.07) is 11.5. The average molecular weight is 344 g/mol. The van der Waals surface area contributed by atoms with Crippen molar-refractivity contribution in [1.82, 2.24) is 0 Å². The lowest BCUT2D eigenvalue weighted by molar-refractivity contribution is -0.255. The molecule has 0 radical (unpaired) electrons. The summed E-state index contributed by atoms with van der Waals surface area (Å²) < 4.78 is 0. The quantitative estimate of drug-likeness (QED) is 0.849. The van der Waals surface area contributed by atoms with Crippen LogP contribution in [0.25, 0.3) is 0 Å². The van der Waals surface area contributed by atoms with Crippen LogP contribution in [0.2, 0.25) is 5.02 Å². The molecule has 1 aliphatic heterocycles. The van der Waals surface area contributed by atoms with Gasteiger partial charge in [0.15, 0.2) is 0 Å². The number of anilines is 2. The Morgan fingerprint density at radius 3 is 2.29 bits per heavy atom. The monoisotopic (exact) mass is 343 g/mol. The molecule has 3 rings (SSSR count). The molecule has 0 unspecified atom stereocenters. The SMILES string of the molecule is O=C([O-])c1ccc(N2C(=O)C[C@@H](Nc3ccc(Cl)cc3)C2=O)cc1. The number of hydrogen-bond acceptors (Lipinski definition) is 5. The van der Waals surface area contributed by atoms with Gasteiger partial charge in [0.05, 0.1) is 18.1 Å². The van der Waals surface area contributed by atoms with Gasteiger partial charge in [-0.1, -0.05) is 23.7 Å². The first-order valence-corrected chi connectivity index (χ1v) is 7.54. The van der Waals surface area contributed by atoms with Crippen LogP contribution in [0.15, 0.2) is 48.5 Å². The molecule has 24 heavy (non-hydrogen) atoms. The maximum Gasteiger partial charge on any atom is 0.256 e. The van der Waals surface area contributed by atoms with Crippen molar-refractivity contribution in [2.24, 2.45) is 0 Å². The second-order valence-corrected chi connectivity index (χ2v) is 5.75. The first kappa shape index (κ1) is 16.0. The van der Waals surface area contributed by atoms with Crippen molar-refractivity contribution in [2.45, 2.75) is 12.5 Å². The van der Waals surface area contributed by atoms with E-state index in [0.717, 1.165) is 4.90 Å². The second kappa shape index (κ2) is 6.33. The van der Waals surface area contributed by atoms with Crippen LogP contribution in [0.4, 0.5) is 11.4 Å². The number of hydrogen-bond donors (Lipinski definition) is 1. The lowest BCUT2D eigenvalue weighted by Crippen LogP contribution is -2.34. The highest BCUT2D eigenvalue weighted by Crippen LogP contribution is 2.25. The van der Waals surface area contributed by atoms with E-state index < -0.39 is 17.9 Å².